The van der Waals surface area contributed by atoms with Crippen LogP contribution in [0.2, 0.25) is 0 Å². The Labute approximate surface area is 165 Å². The number of carbonyl (C=O) groups excluding carboxylic acids is 1. The average Bonchev–Trinajstić information content (AvgIpc) is 3.32. The Morgan fingerprint density at radius 2 is 1.14 bits per heavy atom. The third kappa shape index (κ3) is 2.36. The van der Waals surface area contributed by atoms with E-state index in [4.69, 9.17) is 4.74 Å². The lowest BCUT2D eigenvalue weighted by molar-refractivity contribution is 0.0738. The maximum absolute atomic E-state index is 13.1. The van der Waals surface area contributed by atoms with Crippen molar-refractivity contribution in [2.45, 2.75) is 0 Å². The quantitative estimate of drug-likeness (QED) is 0.280. The van der Waals surface area contributed by atoms with E-state index in [1.807, 2.05) is 66.7 Å². The van der Waals surface area contributed by atoms with E-state index in [1.165, 1.54) is 0 Å². The number of fused-ring (bicyclic) bond motifs is 6. The molecule has 2 N–H and O–H groups in total. The van der Waals surface area contributed by atoms with Crippen molar-refractivity contribution < 1.29 is 9.53 Å². The molecule has 0 bridgehead atoms. The van der Waals surface area contributed by atoms with Crippen LogP contribution in [0.4, 0.5) is 0 Å². The highest BCUT2D eigenvalue weighted by atomic mass is 16.5. The van der Waals surface area contributed by atoms with Crippen LogP contribution in [-0.2, 0) is 0 Å². The summed E-state index contributed by atoms with van der Waals surface area (Å²) in [4.78, 5) is 19.8. The highest BCUT2D eigenvalue weighted by Gasteiger charge is 2.17. The molecule has 0 atom stereocenters. The molecule has 0 unspecified atom stereocenters. The van der Waals surface area contributed by atoms with Crippen molar-refractivity contribution in [1.29, 1.82) is 0 Å². The van der Waals surface area contributed by atoms with Gasteiger partial charge in [-0.2, -0.15) is 0 Å². The molecule has 2 heterocycles. The van der Waals surface area contributed by atoms with Crippen LogP contribution in [-0.4, -0.2) is 15.9 Å². The zero-order chi connectivity index (χ0) is 19.4. The summed E-state index contributed by atoms with van der Waals surface area (Å²) in [5.41, 5.74) is 4.16. The van der Waals surface area contributed by atoms with E-state index in [2.05, 4.69) is 22.1 Å². The molecule has 6 aromatic rings. The summed E-state index contributed by atoms with van der Waals surface area (Å²) >= 11 is 0. The van der Waals surface area contributed by atoms with Gasteiger partial charge in [-0.05, 0) is 24.3 Å². The van der Waals surface area contributed by atoms with Crippen molar-refractivity contribution in [3.63, 3.8) is 0 Å². The third-order valence-corrected chi connectivity index (χ3v) is 5.47. The van der Waals surface area contributed by atoms with Gasteiger partial charge in [-0.15, -0.1) is 0 Å². The normalized spacial score (nSPS) is 11.6. The number of benzene rings is 4. The summed E-state index contributed by atoms with van der Waals surface area (Å²) in [5.74, 6) is 0.144. The van der Waals surface area contributed by atoms with Crippen molar-refractivity contribution in [2.75, 3.05) is 0 Å². The van der Waals surface area contributed by atoms with Crippen LogP contribution < -0.4 is 4.74 Å². The Morgan fingerprint density at radius 1 is 0.586 bits per heavy atom. The lowest BCUT2D eigenvalue weighted by atomic mass is 10.1. The molecule has 6 rings (SSSR count). The predicted octanol–water partition coefficient (Wildman–Crippen LogP) is 6.17. The summed E-state index contributed by atoms with van der Waals surface area (Å²) in [6, 6.07) is 27.6. The fourth-order valence-electron chi connectivity index (χ4n) is 4.13. The lowest BCUT2D eigenvalue weighted by Gasteiger charge is -2.06. The van der Waals surface area contributed by atoms with Gasteiger partial charge in [0, 0.05) is 32.6 Å². The van der Waals surface area contributed by atoms with Gasteiger partial charge in [-0.3, -0.25) is 0 Å². The Balaban J connectivity index is 1.48. The fourth-order valence-corrected chi connectivity index (χ4v) is 4.13. The second-order valence-corrected chi connectivity index (χ2v) is 7.14. The van der Waals surface area contributed by atoms with Gasteiger partial charge in [0.15, 0.2) is 5.75 Å². The third-order valence-electron chi connectivity index (χ3n) is 5.47. The van der Waals surface area contributed by atoms with Crippen LogP contribution >= 0.6 is 0 Å². The molecule has 0 aliphatic carbocycles. The first-order valence-corrected chi connectivity index (χ1v) is 9.51. The predicted molar refractivity (Wildman–Crippen MR) is 117 cm³/mol. The highest BCUT2D eigenvalue weighted by molar-refractivity contribution is 6.15. The van der Waals surface area contributed by atoms with Gasteiger partial charge in [0.05, 0.1) is 16.6 Å². The van der Waals surface area contributed by atoms with Gasteiger partial charge in [0.25, 0.3) is 0 Å². The number of esters is 1. The van der Waals surface area contributed by atoms with Crippen molar-refractivity contribution >= 4 is 49.6 Å². The second kappa shape index (κ2) is 5.97. The molecule has 138 valence electrons. The first-order chi connectivity index (χ1) is 14.3. The Hall–Kier alpha value is -4.05. The van der Waals surface area contributed by atoms with E-state index in [9.17, 15) is 4.79 Å². The molecule has 0 aliphatic rings. The molecule has 0 saturated carbocycles. The fraction of sp³-hybridized carbons (Fsp3) is 0. The molecule has 0 fully saturated rings. The first kappa shape index (κ1) is 16.0. The summed E-state index contributed by atoms with van der Waals surface area (Å²) in [5, 5.41) is 4.25. The number of rotatable bonds is 2. The van der Waals surface area contributed by atoms with Crippen LogP contribution in [0.5, 0.6) is 5.75 Å². The summed E-state index contributed by atoms with van der Waals surface area (Å²) in [6.07, 6.45) is 0. The van der Waals surface area contributed by atoms with Crippen molar-refractivity contribution in [1.82, 2.24) is 9.97 Å². The van der Waals surface area contributed by atoms with Gasteiger partial charge >= 0.3 is 5.97 Å². The summed E-state index contributed by atoms with van der Waals surface area (Å²) < 4.78 is 5.86. The molecular weight excluding hydrogens is 360 g/mol. The number of aromatic amines is 2. The maximum atomic E-state index is 13.1. The molecule has 0 spiro atoms. The molecule has 4 aromatic carbocycles. The van der Waals surface area contributed by atoms with E-state index < -0.39 is 0 Å². The van der Waals surface area contributed by atoms with E-state index in [1.54, 1.807) is 6.07 Å². The zero-order valence-corrected chi connectivity index (χ0v) is 15.4. The van der Waals surface area contributed by atoms with E-state index in [-0.39, 0.29) is 5.97 Å². The van der Waals surface area contributed by atoms with Gasteiger partial charge in [-0.1, -0.05) is 60.7 Å². The Kier molecular flexibility index (Phi) is 3.29. The monoisotopic (exact) mass is 376 g/mol. The van der Waals surface area contributed by atoms with Crippen molar-refractivity contribution in [3.8, 4) is 5.75 Å². The Bertz CT molecular complexity index is 1560. The van der Waals surface area contributed by atoms with Gasteiger partial charge < -0.3 is 14.7 Å². The molecule has 0 radical (unpaired) electrons. The van der Waals surface area contributed by atoms with Gasteiger partial charge in [0.2, 0.25) is 0 Å². The molecule has 0 saturated heterocycles. The van der Waals surface area contributed by atoms with Crippen LogP contribution in [0, 0.1) is 0 Å². The maximum Gasteiger partial charge on any atom is 0.345 e. The standard InChI is InChI=1S/C25H16N2O2/c28-25(19-11-5-9-17-15-7-1-3-12-20(15)26-23(17)19)29-22-14-6-10-18-16-8-2-4-13-21(16)27-24(18)22/h1-14,26-27H. The molecular formula is C25H16N2O2. The number of H-pyrrole nitrogens is 2. The lowest BCUT2D eigenvalue weighted by Crippen LogP contribution is -2.09. The van der Waals surface area contributed by atoms with Crippen molar-refractivity contribution in [3.05, 3.63) is 90.5 Å². The summed E-state index contributed by atoms with van der Waals surface area (Å²) in [6.45, 7) is 0. The number of para-hydroxylation sites is 4. The first-order valence-electron chi connectivity index (χ1n) is 9.51. The number of carbonyl (C=O) groups is 1. The highest BCUT2D eigenvalue weighted by Crippen LogP contribution is 2.33. The number of aromatic nitrogens is 2. The molecule has 0 aliphatic heterocycles. The summed E-state index contributed by atoms with van der Waals surface area (Å²) in [7, 11) is 0. The van der Waals surface area contributed by atoms with Gasteiger partial charge in [0.1, 0.15) is 0 Å². The number of hydrogen-bond acceptors (Lipinski definition) is 2. The number of hydrogen-bond donors (Lipinski definition) is 2. The molecule has 4 nitrogen and oxygen atoms in total. The van der Waals surface area contributed by atoms with E-state index >= 15 is 0 Å². The van der Waals surface area contributed by atoms with E-state index in [0.29, 0.717) is 11.3 Å². The Morgan fingerprint density at radius 3 is 1.86 bits per heavy atom. The smallest absolute Gasteiger partial charge is 0.345 e. The molecule has 29 heavy (non-hydrogen) atoms. The topological polar surface area (TPSA) is 57.9 Å². The number of nitrogens with one attached hydrogen (secondary N) is 2. The van der Waals surface area contributed by atoms with Gasteiger partial charge in [-0.25, -0.2) is 4.79 Å². The molecule has 4 heteroatoms. The SMILES string of the molecule is O=C(Oc1cccc2c1[nH]c1ccccc12)c1cccc2c1[nH]c1ccccc12. The minimum atomic E-state index is -0.381. The average molecular weight is 376 g/mol. The van der Waals surface area contributed by atoms with Crippen LogP contribution in [0.25, 0.3) is 43.6 Å². The van der Waals surface area contributed by atoms with Crippen LogP contribution in [0.3, 0.4) is 0 Å². The second-order valence-electron chi connectivity index (χ2n) is 7.14. The largest absolute Gasteiger partial charge is 0.421 e. The molecule has 2 aromatic heterocycles. The van der Waals surface area contributed by atoms with Crippen LogP contribution in [0.1, 0.15) is 10.4 Å². The zero-order valence-electron chi connectivity index (χ0n) is 15.4. The molecule has 0 amide bonds. The van der Waals surface area contributed by atoms with Crippen LogP contribution in [0.15, 0.2) is 84.9 Å². The van der Waals surface area contributed by atoms with E-state index in [0.717, 1.165) is 43.6 Å². The minimum Gasteiger partial charge on any atom is -0.421 e. The number of ether oxygens (including phenoxy) is 1. The minimum absolute atomic E-state index is 0.381. The van der Waals surface area contributed by atoms with Crippen molar-refractivity contribution in [2.24, 2.45) is 0 Å².